The lowest BCUT2D eigenvalue weighted by atomic mass is 10.1. The third kappa shape index (κ3) is 3.66. The molecule has 134 valence electrons. The molecular weight excluding hydrogens is 420 g/mol. The molecule has 0 aromatic heterocycles. The number of benzene rings is 2. The Balaban J connectivity index is 1.88. The predicted molar refractivity (Wildman–Crippen MR) is 103 cm³/mol. The van der Waals surface area contributed by atoms with E-state index < -0.39 is 11.9 Å². The summed E-state index contributed by atoms with van der Waals surface area (Å²) in [6.07, 6.45) is -0.0427. The van der Waals surface area contributed by atoms with Crippen LogP contribution >= 0.6 is 27.5 Å². The molecule has 5 nitrogen and oxygen atoms in total. The van der Waals surface area contributed by atoms with Crippen LogP contribution in [0.25, 0.3) is 0 Å². The molecule has 2 aromatic carbocycles. The highest BCUT2D eigenvalue weighted by atomic mass is 79.9. The predicted octanol–water partition coefficient (Wildman–Crippen LogP) is 3.78. The Kier molecular flexibility index (Phi) is 5.44. The van der Waals surface area contributed by atoms with Crippen LogP contribution < -0.4 is 4.90 Å². The topological polar surface area (TPSA) is 57.7 Å². The first-order valence-electron chi connectivity index (χ1n) is 8.01. The average molecular weight is 436 g/mol. The maximum Gasteiger partial charge on any atom is 0.257 e. The van der Waals surface area contributed by atoms with Crippen LogP contribution in [-0.4, -0.2) is 28.7 Å². The van der Waals surface area contributed by atoms with E-state index in [4.69, 9.17) is 11.6 Å². The van der Waals surface area contributed by atoms with Crippen molar-refractivity contribution in [2.24, 2.45) is 0 Å². The quantitative estimate of drug-likeness (QED) is 0.687. The summed E-state index contributed by atoms with van der Waals surface area (Å²) >= 11 is 9.51. The van der Waals surface area contributed by atoms with Gasteiger partial charge in [0.2, 0.25) is 11.8 Å². The van der Waals surface area contributed by atoms with Gasteiger partial charge >= 0.3 is 0 Å². The normalized spacial score (nSPS) is 16.9. The van der Waals surface area contributed by atoms with Crippen LogP contribution in [0.1, 0.15) is 18.9 Å². The fourth-order valence-corrected chi connectivity index (χ4v) is 3.43. The largest absolute Gasteiger partial charge is 0.326 e. The van der Waals surface area contributed by atoms with Crippen LogP contribution in [0.15, 0.2) is 53.0 Å². The van der Waals surface area contributed by atoms with Gasteiger partial charge < -0.3 is 4.90 Å². The number of rotatable bonds is 4. The van der Waals surface area contributed by atoms with Gasteiger partial charge in [-0.1, -0.05) is 45.7 Å². The number of halogens is 2. The lowest BCUT2D eigenvalue weighted by molar-refractivity contribution is -0.137. The zero-order valence-electron chi connectivity index (χ0n) is 14.0. The standard InChI is InChI=1S/C19H16BrClN2O3/c1-12(24)22(11-13-4-2-3-5-16(13)21)17-10-18(25)23(19(17)26)15-8-6-14(20)7-9-15/h2-9,17H,10-11H2,1H3. The molecule has 0 aliphatic carbocycles. The third-order valence-corrected chi connectivity index (χ3v) is 5.18. The maximum absolute atomic E-state index is 12.9. The highest BCUT2D eigenvalue weighted by Gasteiger charge is 2.43. The Morgan fingerprint density at radius 1 is 1.19 bits per heavy atom. The van der Waals surface area contributed by atoms with Crippen molar-refractivity contribution in [3.05, 3.63) is 63.6 Å². The van der Waals surface area contributed by atoms with Gasteiger partial charge in [0.15, 0.2) is 0 Å². The SMILES string of the molecule is CC(=O)N(Cc1ccccc1Cl)C1CC(=O)N(c2ccc(Br)cc2)C1=O. The van der Waals surface area contributed by atoms with Gasteiger partial charge in [-0.2, -0.15) is 0 Å². The molecule has 0 bridgehead atoms. The molecule has 1 heterocycles. The molecule has 1 aliphatic heterocycles. The molecular formula is C19H16BrClN2O3. The molecule has 1 unspecified atom stereocenters. The minimum atomic E-state index is -0.833. The molecule has 2 aromatic rings. The van der Waals surface area contributed by atoms with Crippen LogP contribution in [0.5, 0.6) is 0 Å². The summed E-state index contributed by atoms with van der Waals surface area (Å²) in [7, 11) is 0. The molecule has 1 aliphatic rings. The maximum atomic E-state index is 12.9. The van der Waals surface area contributed by atoms with Crippen molar-refractivity contribution in [3.8, 4) is 0 Å². The Morgan fingerprint density at radius 2 is 1.85 bits per heavy atom. The van der Waals surface area contributed by atoms with E-state index >= 15 is 0 Å². The first kappa shape index (κ1) is 18.6. The summed E-state index contributed by atoms with van der Waals surface area (Å²) in [6, 6.07) is 13.2. The van der Waals surface area contributed by atoms with Crippen LogP contribution in [0, 0.1) is 0 Å². The van der Waals surface area contributed by atoms with Crippen LogP contribution in [0.4, 0.5) is 5.69 Å². The smallest absolute Gasteiger partial charge is 0.257 e. The van der Waals surface area contributed by atoms with Crippen molar-refractivity contribution in [1.82, 2.24) is 4.90 Å². The number of nitrogens with zero attached hydrogens (tertiary/aromatic N) is 2. The van der Waals surface area contributed by atoms with Crippen molar-refractivity contribution in [3.63, 3.8) is 0 Å². The van der Waals surface area contributed by atoms with Crippen molar-refractivity contribution < 1.29 is 14.4 Å². The van der Waals surface area contributed by atoms with Gasteiger partial charge in [-0.15, -0.1) is 0 Å². The number of hydrogen-bond acceptors (Lipinski definition) is 3. The van der Waals surface area contributed by atoms with Crippen molar-refractivity contribution in [1.29, 1.82) is 0 Å². The van der Waals surface area contributed by atoms with E-state index in [0.29, 0.717) is 10.7 Å². The van der Waals surface area contributed by atoms with E-state index in [1.54, 1.807) is 42.5 Å². The van der Waals surface area contributed by atoms with Gasteiger partial charge in [0, 0.05) is 23.0 Å². The fraction of sp³-hybridized carbons (Fsp3) is 0.211. The van der Waals surface area contributed by atoms with Gasteiger partial charge in [-0.25, -0.2) is 4.90 Å². The summed E-state index contributed by atoms with van der Waals surface area (Å²) < 4.78 is 0.848. The summed E-state index contributed by atoms with van der Waals surface area (Å²) in [5, 5.41) is 0.514. The highest BCUT2D eigenvalue weighted by molar-refractivity contribution is 9.10. The van der Waals surface area contributed by atoms with E-state index in [9.17, 15) is 14.4 Å². The number of imide groups is 1. The summed E-state index contributed by atoms with van der Waals surface area (Å²) in [6.45, 7) is 1.56. The molecule has 0 radical (unpaired) electrons. The first-order chi connectivity index (χ1) is 12.4. The second-order valence-electron chi connectivity index (χ2n) is 6.00. The Morgan fingerprint density at radius 3 is 2.46 bits per heavy atom. The van der Waals surface area contributed by atoms with E-state index in [1.807, 2.05) is 6.07 Å². The monoisotopic (exact) mass is 434 g/mol. The Labute approximate surface area is 164 Å². The van der Waals surface area contributed by atoms with E-state index in [0.717, 1.165) is 14.9 Å². The molecule has 1 fully saturated rings. The average Bonchev–Trinajstić information content (AvgIpc) is 2.89. The second kappa shape index (κ2) is 7.60. The van der Waals surface area contributed by atoms with Crippen molar-refractivity contribution in [2.75, 3.05) is 4.90 Å². The Bertz CT molecular complexity index is 869. The molecule has 1 atom stereocenters. The van der Waals surface area contributed by atoms with Crippen molar-refractivity contribution in [2.45, 2.75) is 25.9 Å². The number of amides is 3. The lowest BCUT2D eigenvalue weighted by Gasteiger charge is -2.27. The zero-order chi connectivity index (χ0) is 18.8. The number of carbonyl (C=O) groups excluding carboxylic acids is 3. The van der Waals surface area contributed by atoms with E-state index in [1.165, 1.54) is 11.8 Å². The summed E-state index contributed by atoms with van der Waals surface area (Å²) in [5.41, 5.74) is 1.22. The number of carbonyl (C=O) groups is 3. The molecule has 1 saturated heterocycles. The summed E-state index contributed by atoms with van der Waals surface area (Å²) in [5.74, 6) is -1.01. The second-order valence-corrected chi connectivity index (χ2v) is 7.32. The summed E-state index contributed by atoms with van der Waals surface area (Å²) in [4.78, 5) is 40.1. The molecule has 26 heavy (non-hydrogen) atoms. The third-order valence-electron chi connectivity index (χ3n) is 4.29. The zero-order valence-corrected chi connectivity index (χ0v) is 16.3. The minimum Gasteiger partial charge on any atom is -0.326 e. The van der Waals surface area contributed by atoms with Gasteiger partial charge in [-0.3, -0.25) is 14.4 Å². The van der Waals surface area contributed by atoms with Crippen LogP contribution in [0.3, 0.4) is 0 Å². The molecule has 3 amide bonds. The van der Waals surface area contributed by atoms with Gasteiger partial charge in [0.1, 0.15) is 6.04 Å². The molecule has 0 N–H and O–H groups in total. The van der Waals surface area contributed by atoms with E-state index in [-0.39, 0.29) is 24.8 Å². The van der Waals surface area contributed by atoms with Crippen LogP contribution in [0.2, 0.25) is 5.02 Å². The van der Waals surface area contributed by atoms with E-state index in [2.05, 4.69) is 15.9 Å². The Hall–Kier alpha value is -2.18. The molecule has 7 heteroatoms. The molecule has 3 rings (SSSR count). The lowest BCUT2D eigenvalue weighted by Crippen LogP contribution is -2.44. The highest BCUT2D eigenvalue weighted by Crippen LogP contribution is 2.28. The minimum absolute atomic E-state index is 0.0427. The fourth-order valence-electron chi connectivity index (χ4n) is 2.97. The first-order valence-corrected chi connectivity index (χ1v) is 9.18. The van der Waals surface area contributed by atoms with Crippen LogP contribution in [-0.2, 0) is 20.9 Å². The number of hydrogen-bond donors (Lipinski definition) is 0. The molecule has 0 saturated carbocycles. The van der Waals surface area contributed by atoms with Gasteiger partial charge in [0.05, 0.1) is 12.1 Å². The van der Waals surface area contributed by atoms with Gasteiger partial charge in [-0.05, 0) is 35.9 Å². The number of anilines is 1. The molecule has 0 spiro atoms. The van der Waals surface area contributed by atoms with Crippen molar-refractivity contribution >= 4 is 50.9 Å². The van der Waals surface area contributed by atoms with Gasteiger partial charge in [0.25, 0.3) is 5.91 Å².